The molecule has 14 heavy (non-hydrogen) atoms. The average Bonchev–Trinajstić information content (AvgIpc) is 2.14. The second kappa shape index (κ2) is 4.72. The van der Waals surface area contributed by atoms with Crippen molar-refractivity contribution in [3.8, 4) is 0 Å². The summed E-state index contributed by atoms with van der Waals surface area (Å²) in [5.41, 5.74) is 7.35. The second-order valence-corrected chi connectivity index (χ2v) is 3.26. The van der Waals surface area contributed by atoms with Gasteiger partial charge >= 0.3 is 5.97 Å². The summed E-state index contributed by atoms with van der Waals surface area (Å²) in [4.78, 5) is 14.6. The Kier molecular flexibility index (Phi) is 3.59. The molecule has 0 aromatic carbocycles. The second-order valence-electron chi connectivity index (χ2n) is 3.26. The van der Waals surface area contributed by atoms with Crippen LogP contribution in [0.15, 0.2) is 18.3 Å². The fourth-order valence-electron chi connectivity index (χ4n) is 1.37. The highest BCUT2D eigenvalue weighted by molar-refractivity contribution is 5.68. The van der Waals surface area contributed by atoms with Crippen LogP contribution < -0.4 is 5.73 Å². The minimum Gasteiger partial charge on any atom is -0.481 e. The molecular weight excluding hydrogens is 180 g/mol. The van der Waals surface area contributed by atoms with Gasteiger partial charge in [0.25, 0.3) is 0 Å². The lowest BCUT2D eigenvalue weighted by Crippen LogP contribution is -2.16. The number of carbonyl (C=O) groups is 1. The Morgan fingerprint density at radius 3 is 2.93 bits per heavy atom. The number of pyridine rings is 1. The van der Waals surface area contributed by atoms with Crippen LogP contribution in [0.2, 0.25) is 0 Å². The van der Waals surface area contributed by atoms with E-state index in [0.29, 0.717) is 6.54 Å². The van der Waals surface area contributed by atoms with Gasteiger partial charge in [-0.1, -0.05) is 0 Å². The Hall–Kier alpha value is -1.42. The summed E-state index contributed by atoms with van der Waals surface area (Å²) in [6.07, 6.45) is 1.75. The van der Waals surface area contributed by atoms with E-state index < -0.39 is 5.97 Å². The number of hydrogen-bond acceptors (Lipinski definition) is 3. The number of aryl methyl sites for hydroxylation is 1. The van der Waals surface area contributed by atoms with Crippen molar-refractivity contribution in [3.05, 3.63) is 29.6 Å². The molecule has 1 aromatic rings. The van der Waals surface area contributed by atoms with Crippen LogP contribution in [0.5, 0.6) is 0 Å². The summed E-state index contributed by atoms with van der Waals surface area (Å²) >= 11 is 0. The van der Waals surface area contributed by atoms with Crippen LogP contribution in [-0.4, -0.2) is 22.6 Å². The molecule has 1 aromatic heterocycles. The number of rotatable bonds is 4. The normalized spacial score (nSPS) is 12.4. The van der Waals surface area contributed by atoms with Gasteiger partial charge in [0.2, 0.25) is 0 Å². The Morgan fingerprint density at radius 1 is 1.71 bits per heavy atom. The van der Waals surface area contributed by atoms with E-state index in [1.54, 1.807) is 6.20 Å². The van der Waals surface area contributed by atoms with Crippen LogP contribution in [0.1, 0.15) is 23.6 Å². The monoisotopic (exact) mass is 194 g/mol. The third kappa shape index (κ3) is 2.81. The van der Waals surface area contributed by atoms with Crippen LogP contribution >= 0.6 is 0 Å². The quantitative estimate of drug-likeness (QED) is 0.746. The summed E-state index contributed by atoms with van der Waals surface area (Å²) in [6.45, 7) is 2.22. The number of carboxylic acid groups (broad SMARTS) is 1. The number of nitrogens with two attached hydrogens (primary N) is 1. The number of aliphatic carboxylic acids is 1. The number of aromatic nitrogens is 1. The molecule has 0 radical (unpaired) electrons. The van der Waals surface area contributed by atoms with Crippen LogP contribution in [0.4, 0.5) is 0 Å². The molecule has 1 heterocycles. The zero-order valence-electron chi connectivity index (χ0n) is 8.10. The summed E-state index contributed by atoms with van der Waals surface area (Å²) in [5.74, 6) is -0.941. The maximum atomic E-state index is 10.6. The van der Waals surface area contributed by atoms with Crippen molar-refractivity contribution < 1.29 is 9.90 Å². The molecule has 1 atom stereocenters. The standard InChI is InChI=1S/C10H14N2O2/c1-7-4-8(2-3-12-7)9(6-11)5-10(13)14/h2-4,9H,5-6,11H2,1H3,(H,13,14). The van der Waals surface area contributed by atoms with Crippen molar-refractivity contribution in [2.24, 2.45) is 5.73 Å². The van der Waals surface area contributed by atoms with E-state index in [-0.39, 0.29) is 12.3 Å². The molecule has 3 N–H and O–H groups in total. The van der Waals surface area contributed by atoms with E-state index in [1.165, 1.54) is 0 Å². The first-order valence-corrected chi connectivity index (χ1v) is 4.48. The van der Waals surface area contributed by atoms with E-state index in [9.17, 15) is 4.79 Å². The molecule has 76 valence electrons. The minimum atomic E-state index is -0.824. The fraction of sp³-hybridized carbons (Fsp3) is 0.400. The van der Waals surface area contributed by atoms with Gasteiger partial charge in [-0.05, 0) is 31.2 Å². The van der Waals surface area contributed by atoms with Crippen molar-refractivity contribution in [1.82, 2.24) is 4.98 Å². The molecule has 1 unspecified atom stereocenters. The molecule has 4 heteroatoms. The highest BCUT2D eigenvalue weighted by atomic mass is 16.4. The lowest BCUT2D eigenvalue weighted by Gasteiger charge is -2.12. The van der Waals surface area contributed by atoms with E-state index >= 15 is 0 Å². The maximum Gasteiger partial charge on any atom is 0.304 e. The molecule has 0 amide bonds. The van der Waals surface area contributed by atoms with E-state index in [4.69, 9.17) is 10.8 Å². The van der Waals surface area contributed by atoms with Crippen LogP contribution in [0, 0.1) is 6.92 Å². The van der Waals surface area contributed by atoms with Crippen LogP contribution in [-0.2, 0) is 4.79 Å². The van der Waals surface area contributed by atoms with Crippen LogP contribution in [0.3, 0.4) is 0 Å². The van der Waals surface area contributed by atoms with Gasteiger partial charge < -0.3 is 10.8 Å². The van der Waals surface area contributed by atoms with Gasteiger partial charge in [0, 0.05) is 17.8 Å². The van der Waals surface area contributed by atoms with E-state index in [2.05, 4.69) is 4.98 Å². The molecule has 0 fully saturated rings. The minimum absolute atomic E-state index is 0.0694. The van der Waals surface area contributed by atoms with Crippen LogP contribution in [0.25, 0.3) is 0 Å². The molecule has 0 aliphatic rings. The molecular formula is C10H14N2O2. The predicted molar refractivity (Wildman–Crippen MR) is 53.0 cm³/mol. The van der Waals surface area contributed by atoms with Crippen molar-refractivity contribution in [1.29, 1.82) is 0 Å². The lowest BCUT2D eigenvalue weighted by molar-refractivity contribution is -0.137. The Labute approximate surface area is 82.8 Å². The van der Waals surface area contributed by atoms with Gasteiger partial charge in [-0.2, -0.15) is 0 Å². The zero-order valence-corrected chi connectivity index (χ0v) is 8.10. The van der Waals surface area contributed by atoms with E-state index in [1.807, 2.05) is 19.1 Å². The van der Waals surface area contributed by atoms with Crippen molar-refractivity contribution in [2.75, 3.05) is 6.54 Å². The highest BCUT2D eigenvalue weighted by Gasteiger charge is 2.13. The predicted octanol–water partition coefficient (Wildman–Crippen LogP) is 0.907. The maximum absolute atomic E-state index is 10.6. The van der Waals surface area contributed by atoms with Gasteiger partial charge in [0.05, 0.1) is 6.42 Å². The molecule has 0 spiro atoms. The lowest BCUT2D eigenvalue weighted by atomic mass is 9.96. The summed E-state index contributed by atoms with van der Waals surface area (Å²) < 4.78 is 0. The smallest absolute Gasteiger partial charge is 0.304 e. The molecule has 4 nitrogen and oxygen atoms in total. The van der Waals surface area contributed by atoms with Crippen molar-refractivity contribution in [2.45, 2.75) is 19.3 Å². The topological polar surface area (TPSA) is 76.2 Å². The van der Waals surface area contributed by atoms with Gasteiger partial charge in [-0.25, -0.2) is 0 Å². The molecule has 0 aliphatic carbocycles. The van der Waals surface area contributed by atoms with Gasteiger partial charge in [0.15, 0.2) is 0 Å². The molecule has 0 saturated carbocycles. The average molecular weight is 194 g/mol. The molecule has 0 bridgehead atoms. The summed E-state index contributed by atoms with van der Waals surface area (Å²) in [6, 6.07) is 3.69. The number of hydrogen-bond donors (Lipinski definition) is 2. The van der Waals surface area contributed by atoms with E-state index in [0.717, 1.165) is 11.3 Å². The molecule has 0 saturated heterocycles. The summed E-state index contributed by atoms with van der Waals surface area (Å²) in [5, 5.41) is 8.67. The van der Waals surface area contributed by atoms with Gasteiger partial charge in [-0.15, -0.1) is 0 Å². The number of nitrogens with zero attached hydrogens (tertiary/aromatic N) is 1. The Morgan fingerprint density at radius 2 is 2.43 bits per heavy atom. The SMILES string of the molecule is Cc1cc(C(CN)CC(=O)O)ccn1. The summed E-state index contributed by atoms with van der Waals surface area (Å²) in [7, 11) is 0. The first-order valence-electron chi connectivity index (χ1n) is 4.48. The molecule has 1 rings (SSSR count). The Balaban J connectivity index is 2.83. The Bertz CT molecular complexity index is 326. The van der Waals surface area contributed by atoms with Gasteiger partial charge in [-0.3, -0.25) is 9.78 Å². The highest BCUT2D eigenvalue weighted by Crippen LogP contribution is 2.18. The largest absolute Gasteiger partial charge is 0.481 e. The first-order chi connectivity index (χ1) is 6.63. The van der Waals surface area contributed by atoms with Crippen molar-refractivity contribution in [3.63, 3.8) is 0 Å². The zero-order chi connectivity index (χ0) is 10.6. The third-order valence-corrected chi connectivity index (χ3v) is 2.10. The first kappa shape index (κ1) is 10.7. The molecule has 0 aliphatic heterocycles. The van der Waals surface area contributed by atoms with Crippen molar-refractivity contribution >= 4 is 5.97 Å². The third-order valence-electron chi connectivity index (χ3n) is 2.10. The number of carboxylic acids is 1. The fourth-order valence-corrected chi connectivity index (χ4v) is 1.37. The van der Waals surface area contributed by atoms with Gasteiger partial charge in [0.1, 0.15) is 0 Å².